The highest BCUT2D eigenvalue weighted by Gasteiger charge is 2.19. The summed E-state index contributed by atoms with van der Waals surface area (Å²) in [5.74, 6) is 0.00343. The normalized spacial score (nSPS) is 10.8. The van der Waals surface area contributed by atoms with E-state index in [1.807, 2.05) is 12.1 Å². The van der Waals surface area contributed by atoms with Crippen molar-refractivity contribution in [3.8, 4) is 0 Å². The Bertz CT molecular complexity index is 729. The Balaban J connectivity index is 2.03. The summed E-state index contributed by atoms with van der Waals surface area (Å²) in [5.41, 5.74) is 2.88. The molecule has 0 amide bonds. The van der Waals surface area contributed by atoms with E-state index >= 15 is 0 Å². The number of benzene rings is 1. The first-order valence-electron chi connectivity index (χ1n) is 6.13. The van der Waals surface area contributed by atoms with E-state index in [2.05, 4.69) is 17.1 Å². The molecule has 0 saturated carbocycles. The third-order valence-corrected chi connectivity index (χ3v) is 3.07. The van der Waals surface area contributed by atoms with Crippen LogP contribution in [0.5, 0.6) is 0 Å². The highest BCUT2D eigenvalue weighted by Crippen LogP contribution is 2.19. The van der Waals surface area contributed by atoms with Gasteiger partial charge in [-0.25, -0.2) is 0 Å². The molecule has 2 aromatic heterocycles. The van der Waals surface area contributed by atoms with Gasteiger partial charge in [0.25, 0.3) is 0 Å². The number of aryl methyl sites for hydroxylation is 1. The fourth-order valence-electron chi connectivity index (χ4n) is 1.96. The molecular formula is C15H12N2O2. The molecule has 0 aliphatic rings. The molecule has 0 fully saturated rings. The average molecular weight is 252 g/mol. The van der Waals surface area contributed by atoms with Crippen LogP contribution in [0.3, 0.4) is 0 Å². The van der Waals surface area contributed by atoms with Crippen LogP contribution in [0.15, 0.2) is 47.1 Å². The van der Waals surface area contributed by atoms with Crippen molar-refractivity contribution < 1.29 is 9.32 Å². The summed E-state index contributed by atoms with van der Waals surface area (Å²) >= 11 is 0. The third kappa shape index (κ3) is 2.01. The van der Waals surface area contributed by atoms with Gasteiger partial charge in [0.2, 0.25) is 11.5 Å². The molecule has 0 aliphatic carbocycles. The minimum atomic E-state index is -0.191. The molecule has 0 spiro atoms. The number of ketones is 1. The monoisotopic (exact) mass is 252 g/mol. The summed E-state index contributed by atoms with van der Waals surface area (Å²) in [6.45, 7) is 2.07. The van der Waals surface area contributed by atoms with Crippen molar-refractivity contribution in [3.63, 3.8) is 0 Å². The zero-order valence-electron chi connectivity index (χ0n) is 10.5. The average Bonchev–Trinajstić information content (AvgIpc) is 2.90. The van der Waals surface area contributed by atoms with Gasteiger partial charge in [-0.2, -0.15) is 0 Å². The van der Waals surface area contributed by atoms with Crippen molar-refractivity contribution in [3.05, 3.63) is 59.5 Å². The second-order valence-corrected chi connectivity index (χ2v) is 4.26. The Labute approximate surface area is 110 Å². The third-order valence-electron chi connectivity index (χ3n) is 3.07. The van der Waals surface area contributed by atoms with E-state index in [1.54, 1.807) is 30.5 Å². The highest BCUT2D eigenvalue weighted by atomic mass is 16.5. The number of nitrogens with zero attached hydrogens (tertiary/aromatic N) is 2. The van der Waals surface area contributed by atoms with Crippen molar-refractivity contribution in [1.82, 2.24) is 10.1 Å². The van der Waals surface area contributed by atoms with Gasteiger partial charge < -0.3 is 4.52 Å². The van der Waals surface area contributed by atoms with Crippen LogP contribution in [-0.4, -0.2) is 15.9 Å². The summed E-state index contributed by atoms with van der Waals surface area (Å²) < 4.78 is 5.13. The fourth-order valence-corrected chi connectivity index (χ4v) is 1.96. The van der Waals surface area contributed by atoms with Crippen LogP contribution in [0.1, 0.15) is 28.6 Å². The van der Waals surface area contributed by atoms with Crippen LogP contribution in [0, 0.1) is 0 Å². The van der Waals surface area contributed by atoms with Crippen molar-refractivity contribution >= 4 is 16.8 Å². The summed E-state index contributed by atoms with van der Waals surface area (Å²) in [6.07, 6.45) is 2.57. The molecule has 0 radical (unpaired) electrons. The molecule has 0 bridgehead atoms. The molecular weight excluding hydrogens is 240 g/mol. The lowest BCUT2D eigenvalue weighted by Gasteiger charge is -1.99. The quantitative estimate of drug-likeness (QED) is 0.672. The Kier molecular flexibility index (Phi) is 2.83. The summed E-state index contributed by atoms with van der Waals surface area (Å²) in [5, 5.41) is 3.84. The van der Waals surface area contributed by atoms with Gasteiger partial charge in [0.1, 0.15) is 11.0 Å². The van der Waals surface area contributed by atoms with Crippen molar-refractivity contribution in [1.29, 1.82) is 0 Å². The molecule has 3 rings (SSSR count). The minimum absolute atomic E-state index is 0.191. The van der Waals surface area contributed by atoms with Gasteiger partial charge in [0, 0.05) is 11.8 Å². The van der Waals surface area contributed by atoms with Crippen LogP contribution in [-0.2, 0) is 6.42 Å². The number of hydrogen-bond donors (Lipinski definition) is 0. The van der Waals surface area contributed by atoms with Crippen LogP contribution in [0.25, 0.3) is 11.0 Å². The van der Waals surface area contributed by atoms with Gasteiger partial charge in [-0.3, -0.25) is 9.78 Å². The summed E-state index contributed by atoms with van der Waals surface area (Å²) in [6, 6.07) is 11.0. The Morgan fingerprint density at radius 1 is 1.21 bits per heavy atom. The maximum Gasteiger partial charge on any atom is 0.233 e. The lowest BCUT2D eigenvalue weighted by atomic mass is 10.0. The summed E-state index contributed by atoms with van der Waals surface area (Å²) in [7, 11) is 0. The molecule has 0 saturated heterocycles. The molecule has 0 unspecified atom stereocenters. The predicted molar refractivity (Wildman–Crippen MR) is 71.1 cm³/mol. The largest absolute Gasteiger partial charge is 0.350 e. The standard InChI is InChI=1S/C15H12N2O2/c1-2-10-5-7-11(8-6-10)14(18)15-13-12(17-19-15)4-3-9-16-13/h3-9H,2H2,1H3. The number of aromatic nitrogens is 2. The first-order valence-corrected chi connectivity index (χ1v) is 6.13. The lowest BCUT2D eigenvalue weighted by Crippen LogP contribution is -2.01. The molecule has 4 nitrogen and oxygen atoms in total. The van der Waals surface area contributed by atoms with E-state index in [1.165, 1.54) is 5.56 Å². The van der Waals surface area contributed by atoms with Gasteiger partial charge in [0.05, 0.1) is 0 Å². The zero-order chi connectivity index (χ0) is 13.2. The second kappa shape index (κ2) is 4.65. The Hall–Kier alpha value is -2.49. The summed E-state index contributed by atoms with van der Waals surface area (Å²) in [4.78, 5) is 16.5. The molecule has 0 aliphatic heterocycles. The smallest absolute Gasteiger partial charge is 0.233 e. The van der Waals surface area contributed by atoms with Gasteiger partial charge in [-0.05, 0) is 24.1 Å². The van der Waals surface area contributed by atoms with E-state index in [4.69, 9.17) is 4.52 Å². The van der Waals surface area contributed by atoms with Crippen molar-refractivity contribution in [2.24, 2.45) is 0 Å². The van der Waals surface area contributed by atoms with Crippen LogP contribution >= 0.6 is 0 Å². The van der Waals surface area contributed by atoms with Gasteiger partial charge in [-0.1, -0.05) is 36.3 Å². The molecule has 2 heterocycles. The second-order valence-electron chi connectivity index (χ2n) is 4.26. The number of fused-ring (bicyclic) bond motifs is 1. The van der Waals surface area contributed by atoms with E-state index in [9.17, 15) is 4.79 Å². The predicted octanol–water partition coefficient (Wildman–Crippen LogP) is 3.02. The zero-order valence-corrected chi connectivity index (χ0v) is 10.5. The molecule has 0 N–H and O–H groups in total. The Morgan fingerprint density at radius 2 is 2.00 bits per heavy atom. The first-order chi connectivity index (χ1) is 9.29. The highest BCUT2D eigenvalue weighted by molar-refractivity contribution is 6.13. The number of hydrogen-bond acceptors (Lipinski definition) is 4. The lowest BCUT2D eigenvalue weighted by molar-refractivity contribution is 0.100. The molecule has 3 aromatic rings. The van der Waals surface area contributed by atoms with Crippen LogP contribution < -0.4 is 0 Å². The van der Waals surface area contributed by atoms with E-state index in [-0.39, 0.29) is 11.5 Å². The van der Waals surface area contributed by atoms with Gasteiger partial charge in [0.15, 0.2) is 0 Å². The van der Waals surface area contributed by atoms with Gasteiger partial charge >= 0.3 is 0 Å². The van der Waals surface area contributed by atoms with Crippen molar-refractivity contribution in [2.75, 3.05) is 0 Å². The number of pyridine rings is 1. The Morgan fingerprint density at radius 3 is 2.74 bits per heavy atom. The van der Waals surface area contributed by atoms with Crippen LogP contribution in [0.2, 0.25) is 0 Å². The van der Waals surface area contributed by atoms with E-state index in [0.717, 1.165) is 6.42 Å². The SMILES string of the molecule is CCc1ccc(C(=O)c2onc3cccnc23)cc1. The number of rotatable bonds is 3. The maximum atomic E-state index is 12.3. The fraction of sp³-hybridized carbons (Fsp3) is 0.133. The molecule has 0 atom stereocenters. The first kappa shape index (κ1) is 11.6. The number of carbonyl (C=O) groups excluding carboxylic acids is 1. The molecule has 19 heavy (non-hydrogen) atoms. The van der Waals surface area contributed by atoms with Crippen molar-refractivity contribution in [2.45, 2.75) is 13.3 Å². The minimum Gasteiger partial charge on any atom is -0.350 e. The molecule has 94 valence electrons. The molecule has 1 aromatic carbocycles. The topological polar surface area (TPSA) is 56.0 Å². The van der Waals surface area contributed by atoms with Crippen LogP contribution in [0.4, 0.5) is 0 Å². The molecule has 4 heteroatoms. The van der Waals surface area contributed by atoms with E-state index < -0.39 is 0 Å². The number of carbonyl (C=O) groups is 1. The van der Waals surface area contributed by atoms with Gasteiger partial charge in [-0.15, -0.1) is 0 Å². The maximum absolute atomic E-state index is 12.3. The van der Waals surface area contributed by atoms with E-state index in [0.29, 0.717) is 16.6 Å².